The highest BCUT2D eigenvalue weighted by Gasteiger charge is 2.31. The summed E-state index contributed by atoms with van der Waals surface area (Å²) in [4.78, 5) is 28.0. The molecule has 3 aromatic rings. The second-order valence-electron chi connectivity index (χ2n) is 10.2. The van der Waals surface area contributed by atoms with Crippen LogP contribution in [0, 0.1) is 0 Å². The summed E-state index contributed by atoms with van der Waals surface area (Å²) in [5, 5.41) is 15.3. The largest absolute Gasteiger partial charge is 0.491 e. The average molecular weight is 523 g/mol. The molecule has 1 amide bonds. The van der Waals surface area contributed by atoms with Gasteiger partial charge in [-0.25, -0.2) is 4.98 Å². The minimum atomic E-state index is -1.10. The molecule has 202 valence electrons. The molecule has 2 aliphatic rings. The molecule has 0 saturated carbocycles. The number of pyridine rings is 1. The number of nitrogens with zero attached hydrogens (tertiary/aromatic N) is 5. The van der Waals surface area contributed by atoms with Crippen LogP contribution in [0.1, 0.15) is 31.1 Å². The molecule has 1 fully saturated rings. The number of benzene rings is 1. The van der Waals surface area contributed by atoms with Crippen LogP contribution in [-0.2, 0) is 11.3 Å². The lowest BCUT2D eigenvalue weighted by molar-refractivity contribution is -0.0952. The van der Waals surface area contributed by atoms with Crippen molar-refractivity contribution in [1.82, 2.24) is 19.4 Å². The monoisotopic (exact) mass is 522 g/mol. The topological polar surface area (TPSA) is 123 Å². The molecule has 5 rings (SSSR count). The number of methoxy groups -OCH3 is 1. The second kappa shape index (κ2) is 10.7. The van der Waals surface area contributed by atoms with Crippen LogP contribution >= 0.6 is 0 Å². The van der Waals surface area contributed by atoms with Crippen LogP contribution in [0.2, 0.25) is 0 Å². The summed E-state index contributed by atoms with van der Waals surface area (Å²) in [5.74, 6) is 1.24. The summed E-state index contributed by atoms with van der Waals surface area (Å²) in [6.45, 7) is 9.17. The van der Waals surface area contributed by atoms with Crippen LogP contribution in [0.15, 0.2) is 41.7 Å². The van der Waals surface area contributed by atoms with E-state index in [1.807, 2.05) is 30.5 Å². The zero-order chi connectivity index (χ0) is 26.9. The number of morpholine rings is 1. The maximum atomic E-state index is 12.8. The SMILES string of the molecule is COc1c(OCC(C)(O)CN2C[C@@H](C)O[C@@H](C)C2)ccc2c3n(c(=NC(=O)c4cccnc4)nc12)CCN3. The van der Waals surface area contributed by atoms with Crippen LogP contribution in [0.4, 0.5) is 5.82 Å². The fourth-order valence-corrected chi connectivity index (χ4v) is 5.16. The number of aromatic nitrogens is 3. The third kappa shape index (κ3) is 5.50. The Morgan fingerprint density at radius 1 is 1.29 bits per heavy atom. The molecule has 38 heavy (non-hydrogen) atoms. The number of nitrogens with one attached hydrogen (secondary N) is 1. The molecule has 2 N–H and O–H groups in total. The highest BCUT2D eigenvalue weighted by Crippen LogP contribution is 2.37. The number of amides is 1. The number of carbonyl (C=O) groups is 1. The first-order chi connectivity index (χ1) is 18.2. The van der Waals surface area contributed by atoms with E-state index < -0.39 is 11.5 Å². The number of hydrogen-bond donors (Lipinski definition) is 2. The standard InChI is InChI=1S/C27H34N6O5/c1-17-13-32(14-18(2)38-17)15-27(3,35)16-37-21-8-7-20-22(23(21)36-4)30-26(33-11-10-29-24(20)33)31-25(34)19-6-5-9-28-12-19/h5-9,12,17-18,29,35H,10-11,13-16H2,1-4H3/t17-,18+,27?. The van der Waals surface area contributed by atoms with Crippen LogP contribution in [0.3, 0.4) is 0 Å². The van der Waals surface area contributed by atoms with Crippen LogP contribution < -0.4 is 20.4 Å². The van der Waals surface area contributed by atoms with Crippen LogP contribution in [0.25, 0.3) is 10.9 Å². The first kappa shape index (κ1) is 26.1. The molecule has 0 aliphatic carbocycles. The molecular weight excluding hydrogens is 488 g/mol. The van der Waals surface area contributed by atoms with Gasteiger partial charge in [0.1, 0.15) is 23.5 Å². The highest BCUT2D eigenvalue weighted by atomic mass is 16.5. The first-order valence-corrected chi connectivity index (χ1v) is 12.8. The minimum absolute atomic E-state index is 0.0592. The fraction of sp³-hybridized carbons (Fsp3) is 0.481. The fourth-order valence-electron chi connectivity index (χ4n) is 5.16. The predicted molar refractivity (Wildman–Crippen MR) is 141 cm³/mol. The maximum Gasteiger partial charge on any atom is 0.281 e. The summed E-state index contributed by atoms with van der Waals surface area (Å²) in [6, 6.07) is 7.07. The number of β-amino-alcohol motifs (C(OH)–C–C–N with tert-alkyl or cyclic N) is 1. The van der Waals surface area contributed by atoms with Gasteiger partial charge in [-0.05, 0) is 45.0 Å². The number of aliphatic hydroxyl groups is 1. The normalized spacial score (nSPS) is 21.6. The van der Waals surface area contributed by atoms with Gasteiger partial charge in [0.25, 0.3) is 5.91 Å². The summed E-state index contributed by atoms with van der Waals surface area (Å²) < 4.78 is 19.5. The van der Waals surface area contributed by atoms with E-state index in [0.29, 0.717) is 42.2 Å². The second-order valence-corrected chi connectivity index (χ2v) is 10.2. The molecule has 0 bridgehead atoms. The van der Waals surface area contributed by atoms with E-state index in [1.165, 1.54) is 6.20 Å². The Bertz CT molecular complexity index is 1380. The quantitative estimate of drug-likeness (QED) is 0.478. The molecule has 11 nitrogen and oxygen atoms in total. The van der Waals surface area contributed by atoms with Crippen molar-refractivity contribution in [2.45, 2.75) is 45.1 Å². The van der Waals surface area contributed by atoms with E-state index in [2.05, 4.69) is 20.2 Å². The van der Waals surface area contributed by atoms with Gasteiger partial charge in [0.05, 0.1) is 24.9 Å². The minimum Gasteiger partial charge on any atom is -0.491 e. The van der Waals surface area contributed by atoms with E-state index >= 15 is 0 Å². The third-order valence-corrected chi connectivity index (χ3v) is 6.61. The van der Waals surface area contributed by atoms with Crippen LogP contribution in [0.5, 0.6) is 11.5 Å². The van der Waals surface area contributed by atoms with E-state index in [-0.39, 0.29) is 24.4 Å². The molecule has 11 heteroatoms. The molecule has 0 spiro atoms. The predicted octanol–water partition coefficient (Wildman–Crippen LogP) is 1.85. The van der Waals surface area contributed by atoms with E-state index in [0.717, 1.165) is 24.3 Å². The molecule has 1 unspecified atom stereocenters. The van der Waals surface area contributed by atoms with E-state index in [4.69, 9.17) is 19.2 Å². The highest BCUT2D eigenvalue weighted by molar-refractivity contribution is 5.96. The van der Waals surface area contributed by atoms with Crippen molar-refractivity contribution in [3.63, 3.8) is 0 Å². The lowest BCUT2D eigenvalue weighted by Gasteiger charge is -2.38. The molecule has 0 radical (unpaired) electrons. The van der Waals surface area contributed by atoms with Gasteiger partial charge in [0.2, 0.25) is 5.62 Å². The number of anilines is 1. The zero-order valence-electron chi connectivity index (χ0n) is 22.2. The number of rotatable bonds is 7. The number of hydrogen-bond acceptors (Lipinski definition) is 9. The lowest BCUT2D eigenvalue weighted by atomic mass is 10.1. The Morgan fingerprint density at radius 3 is 2.79 bits per heavy atom. The first-order valence-electron chi connectivity index (χ1n) is 12.8. The molecule has 1 aromatic carbocycles. The molecular formula is C27H34N6O5. The van der Waals surface area contributed by atoms with Gasteiger partial charge in [-0.15, -0.1) is 0 Å². The van der Waals surface area contributed by atoms with Gasteiger partial charge in [0.15, 0.2) is 11.5 Å². The van der Waals surface area contributed by atoms with Crippen molar-refractivity contribution in [2.24, 2.45) is 4.99 Å². The molecule has 3 atom stereocenters. The summed E-state index contributed by atoms with van der Waals surface area (Å²) in [5.41, 5.74) is 0.0594. The van der Waals surface area contributed by atoms with Crippen LogP contribution in [-0.4, -0.2) is 88.2 Å². The van der Waals surface area contributed by atoms with E-state index in [1.54, 1.807) is 32.4 Å². The van der Waals surface area contributed by atoms with Crippen molar-refractivity contribution in [1.29, 1.82) is 0 Å². The van der Waals surface area contributed by atoms with Crippen molar-refractivity contribution in [2.75, 3.05) is 45.2 Å². The Hall–Kier alpha value is -3.54. The van der Waals surface area contributed by atoms with Crippen molar-refractivity contribution in [3.8, 4) is 11.5 Å². The number of carbonyl (C=O) groups excluding carboxylic acids is 1. The number of fused-ring (bicyclic) bond motifs is 3. The van der Waals surface area contributed by atoms with Crippen molar-refractivity contribution < 1.29 is 24.1 Å². The Morgan fingerprint density at radius 2 is 2.08 bits per heavy atom. The van der Waals surface area contributed by atoms with Gasteiger partial charge in [0, 0.05) is 50.5 Å². The van der Waals surface area contributed by atoms with E-state index in [9.17, 15) is 9.90 Å². The zero-order valence-corrected chi connectivity index (χ0v) is 22.2. The average Bonchev–Trinajstić information content (AvgIpc) is 3.37. The summed E-state index contributed by atoms with van der Waals surface area (Å²) >= 11 is 0. The maximum absolute atomic E-state index is 12.8. The smallest absolute Gasteiger partial charge is 0.281 e. The Balaban J connectivity index is 1.45. The molecule has 2 aliphatic heterocycles. The Labute approximate surface area is 221 Å². The van der Waals surface area contributed by atoms with Crippen molar-refractivity contribution in [3.05, 3.63) is 47.8 Å². The van der Waals surface area contributed by atoms with Gasteiger partial charge in [-0.3, -0.25) is 19.2 Å². The lowest BCUT2D eigenvalue weighted by Crippen LogP contribution is -2.52. The molecule has 2 aromatic heterocycles. The molecule has 1 saturated heterocycles. The van der Waals surface area contributed by atoms with Gasteiger partial charge in [-0.1, -0.05) is 0 Å². The summed E-state index contributed by atoms with van der Waals surface area (Å²) in [6.07, 6.45) is 3.31. The van der Waals surface area contributed by atoms with Gasteiger partial charge in [-0.2, -0.15) is 4.99 Å². The summed E-state index contributed by atoms with van der Waals surface area (Å²) in [7, 11) is 1.55. The van der Waals surface area contributed by atoms with Gasteiger partial charge < -0.3 is 24.6 Å². The third-order valence-electron chi connectivity index (χ3n) is 6.61. The van der Waals surface area contributed by atoms with Crippen molar-refractivity contribution >= 4 is 22.6 Å². The number of ether oxygens (including phenoxy) is 3. The molecule has 4 heterocycles. The Kier molecular flexibility index (Phi) is 7.33. The van der Waals surface area contributed by atoms with Gasteiger partial charge >= 0.3 is 0 Å².